The van der Waals surface area contributed by atoms with Crippen LogP contribution in [0.25, 0.3) is 31.7 Å². The van der Waals surface area contributed by atoms with Crippen molar-refractivity contribution in [1.82, 2.24) is 19.4 Å². The summed E-state index contributed by atoms with van der Waals surface area (Å²) in [5, 5.41) is 3.74. The molecule has 1 aliphatic carbocycles. The zero-order valence-electron chi connectivity index (χ0n) is 24.8. The molecule has 2 saturated heterocycles. The summed E-state index contributed by atoms with van der Waals surface area (Å²) < 4.78 is 9.31. The Morgan fingerprint density at radius 1 is 1.12 bits per heavy atom. The molecule has 3 fully saturated rings. The molecule has 0 spiro atoms. The van der Waals surface area contributed by atoms with Crippen LogP contribution in [0.2, 0.25) is 0 Å². The number of nitrogen functional groups attached to an aromatic ring is 1. The minimum atomic E-state index is 0.117. The molecule has 11 heteroatoms. The van der Waals surface area contributed by atoms with Crippen molar-refractivity contribution in [2.24, 2.45) is 22.9 Å². The van der Waals surface area contributed by atoms with Gasteiger partial charge in [-0.2, -0.15) is 0 Å². The fourth-order valence-electron chi connectivity index (χ4n) is 7.24. The Bertz CT molecular complexity index is 1440. The molecule has 5 heterocycles. The lowest BCUT2D eigenvalue weighted by molar-refractivity contribution is -0.137. The van der Waals surface area contributed by atoms with Gasteiger partial charge in [0.1, 0.15) is 11.3 Å². The number of nitrogens with zero attached hydrogens (tertiary/aromatic N) is 7. The fraction of sp³-hybridized carbons (Fsp3) is 0.710. The van der Waals surface area contributed by atoms with Crippen LogP contribution in [0.15, 0.2) is 11.2 Å². The normalized spacial score (nSPS) is 22.5. The number of thiophene rings is 1. The lowest BCUT2D eigenvalue weighted by atomic mass is 9.81. The van der Waals surface area contributed by atoms with E-state index in [9.17, 15) is 4.79 Å². The van der Waals surface area contributed by atoms with Crippen LogP contribution in [0.3, 0.4) is 0 Å². The molecule has 3 aromatic rings. The summed E-state index contributed by atoms with van der Waals surface area (Å²) >= 11 is 1.86. The van der Waals surface area contributed by atoms with Gasteiger partial charge in [-0.15, -0.1) is 11.3 Å². The van der Waals surface area contributed by atoms with Crippen LogP contribution in [-0.2, 0) is 22.5 Å². The zero-order valence-corrected chi connectivity index (χ0v) is 25.7. The van der Waals surface area contributed by atoms with Crippen LogP contribution in [-0.4, -0.2) is 58.2 Å². The van der Waals surface area contributed by atoms with Gasteiger partial charge in [0, 0.05) is 61.5 Å². The molecule has 2 N–H and O–H groups in total. The monoisotopic (exact) mass is 592 g/mol. The van der Waals surface area contributed by atoms with E-state index in [4.69, 9.17) is 26.0 Å². The first kappa shape index (κ1) is 29.2. The van der Waals surface area contributed by atoms with Crippen LogP contribution in [0.1, 0.15) is 87.8 Å². The molecule has 3 aliphatic rings. The molecular weight excluding hydrogens is 548 g/mol. The molecule has 0 atom stereocenters. The predicted molar refractivity (Wildman–Crippen MR) is 167 cm³/mol. The molecule has 1 saturated carbocycles. The molecule has 226 valence electrons. The Balaban J connectivity index is 1.19. The third kappa shape index (κ3) is 6.10. The summed E-state index contributed by atoms with van der Waals surface area (Å²) in [6.07, 6.45) is 11.1. The number of amides is 1. The maximum absolute atomic E-state index is 13.3. The van der Waals surface area contributed by atoms with Crippen molar-refractivity contribution in [1.29, 1.82) is 0 Å². The molecule has 0 aromatic carbocycles. The Morgan fingerprint density at radius 3 is 2.60 bits per heavy atom. The van der Waals surface area contributed by atoms with Crippen molar-refractivity contribution < 1.29 is 9.53 Å². The van der Waals surface area contributed by atoms with Gasteiger partial charge in [-0.3, -0.25) is 4.79 Å². The number of aryl methyl sites for hydroxylation is 1. The van der Waals surface area contributed by atoms with E-state index in [1.807, 2.05) is 11.3 Å². The number of ether oxygens (including phenoxy) is 1. The number of rotatable bonds is 9. The van der Waals surface area contributed by atoms with Gasteiger partial charge in [0.15, 0.2) is 5.82 Å². The van der Waals surface area contributed by atoms with Gasteiger partial charge < -0.3 is 19.9 Å². The number of carbonyl (C=O) groups excluding carboxylic acids is 1. The highest BCUT2D eigenvalue weighted by Crippen LogP contribution is 2.41. The van der Waals surface area contributed by atoms with E-state index in [1.54, 1.807) is 0 Å². The fourth-order valence-corrected chi connectivity index (χ4v) is 8.56. The average Bonchev–Trinajstić information content (AvgIpc) is 3.61. The van der Waals surface area contributed by atoms with Gasteiger partial charge >= 0.3 is 0 Å². The van der Waals surface area contributed by atoms with Crippen molar-refractivity contribution in [2.45, 2.75) is 90.0 Å². The minimum Gasteiger partial charge on any atom is -0.382 e. The van der Waals surface area contributed by atoms with Crippen LogP contribution in [0.4, 0.5) is 5.82 Å². The Hall–Kier alpha value is -2.88. The minimum absolute atomic E-state index is 0.117. The lowest BCUT2D eigenvalue weighted by Crippen LogP contribution is -2.42. The molecule has 3 aromatic heterocycles. The van der Waals surface area contributed by atoms with Crippen LogP contribution in [0, 0.1) is 17.8 Å². The second-order valence-electron chi connectivity index (χ2n) is 12.6. The maximum atomic E-state index is 13.3. The van der Waals surface area contributed by atoms with Crippen molar-refractivity contribution in [3.8, 4) is 0 Å². The average molecular weight is 593 g/mol. The number of nitrogens with two attached hydrogens (primary N) is 1. The molecule has 6 rings (SSSR count). The number of anilines is 1. The second-order valence-corrected chi connectivity index (χ2v) is 13.7. The summed E-state index contributed by atoms with van der Waals surface area (Å²) in [6, 6.07) is 2.25. The molecule has 42 heavy (non-hydrogen) atoms. The lowest BCUT2D eigenvalue weighted by Gasteiger charge is -2.36. The first-order chi connectivity index (χ1) is 20.6. The topological polar surface area (TPSA) is 135 Å². The van der Waals surface area contributed by atoms with Gasteiger partial charge in [0.25, 0.3) is 0 Å². The molecule has 0 unspecified atom stereocenters. The number of azide groups is 1. The van der Waals surface area contributed by atoms with E-state index >= 15 is 0 Å². The highest BCUT2D eigenvalue weighted by Gasteiger charge is 2.32. The van der Waals surface area contributed by atoms with E-state index in [0.717, 1.165) is 126 Å². The van der Waals surface area contributed by atoms with E-state index in [0.29, 0.717) is 36.0 Å². The van der Waals surface area contributed by atoms with E-state index in [-0.39, 0.29) is 5.92 Å². The zero-order chi connectivity index (χ0) is 29.1. The highest BCUT2D eigenvalue weighted by atomic mass is 32.1. The van der Waals surface area contributed by atoms with Crippen molar-refractivity contribution in [3.05, 3.63) is 27.2 Å². The van der Waals surface area contributed by atoms with E-state index in [1.165, 1.54) is 9.58 Å². The highest BCUT2D eigenvalue weighted by molar-refractivity contribution is 7.20. The third-order valence-electron chi connectivity index (χ3n) is 9.82. The number of fused-ring (bicyclic) bond motifs is 3. The van der Waals surface area contributed by atoms with E-state index in [2.05, 4.69) is 32.5 Å². The summed E-state index contributed by atoms with van der Waals surface area (Å²) in [4.78, 5) is 29.6. The van der Waals surface area contributed by atoms with E-state index < -0.39 is 0 Å². The van der Waals surface area contributed by atoms with Gasteiger partial charge in [-0.25, -0.2) is 9.97 Å². The maximum Gasteiger partial charge on any atom is 0.225 e. The number of carbonyl (C=O) groups is 1. The smallest absolute Gasteiger partial charge is 0.225 e. The SMILES string of the molecule is CCCCc1nc2c(N)nc3cc(C4CCN(C(=O)C5CCC(CN=[N+]=[N-])CC5)CC4)sc3c2n1CC1CCOCC1. The van der Waals surface area contributed by atoms with Crippen LogP contribution in [0.5, 0.6) is 0 Å². The number of piperidine rings is 1. The Labute approximate surface area is 251 Å². The molecular formula is C31H44N8O2S. The Morgan fingerprint density at radius 2 is 1.88 bits per heavy atom. The van der Waals surface area contributed by atoms with Gasteiger partial charge in [0.2, 0.25) is 5.91 Å². The molecule has 1 amide bonds. The van der Waals surface area contributed by atoms with Gasteiger partial charge in [-0.1, -0.05) is 18.5 Å². The number of unbranched alkanes of at least 4 members (excludes halogenated alkanes) is 1. The van der Waals surface area contributed by atoms with Crippen molar-refractivity contribution in [2.75, 3.05) is 38.6 Å². The second kappa shape index (κ2) is 13.2. The number of imidazole rings is 1. The van der Waals surface area contributed by atoms with Crippen LogP contribution < -0.4 is 5.73 Å². The first-order valence-electron chi connectivity index (χ1n) is 16.0. The predicted octanol–water partition coefficient (Wildman–Crippen LogP) is 6.82. The quantitative estimate of drug-likeness (QED) is 0.165. The third-order valence-corrected chi connectivity index (χ3v) is 11.1. The van der Waals surface area contributed by atoms with Crippen LogP contribution >= 0.6 is 11.3 Å². The van der Waals surface area contributed by atoms with Crippen molar-refractivity contribution in [3.63, 3.8) is 0 Å². The number of pyridine rings is 1. The van der Waals surface area contributed by atoms with Crippen molar-refractivity contribution >= 4 is 44.3 Å². The summed E-state index contributed by atoms with van der Waals surface area (Å²) in [6.45, 7) is 7.03. The molecule has 0 radical (unpaired) electrons. The number of hydrogen-bond donors (Lipinski definition) is 1. The Kier molecular flexibility index (Phi) is 9.17. The summed E-state index contributed by atoms with van der Waals surface area (Å²) in [5.41, 5.74) is 18.1. The molecule has 2 aliphatic heterocycles. The molecule has 10 nitrogen and oxygen atoms in total. The first-order valence-corrected chi connectivity index (χ1v) is 16.8. The summed E-state index contributed by atoms with van der Waals surface area (Å²) in [7, 11) is 0. The number of hydrogen-bond acceptors (Lipinski definition) is 7. The molecule has 0 bridgehead atoms. The number of aromatic nitrogens is 3. The standard InChI is InChI=1S/C31H44N8O2S/c1-2-3-4-26-36-27-28(39(26)19-21-11-15-41-16-12-21)29-24(35-30(27)32)17-25(42-29)22-9-13-38(14-10-22)31(40)23-7-5-20(6-8-23)18-34-37-33/h17,20-23H,2-16,18-19H2,1H3,(H2,32,35). The van der Waals surface area contributed by atoms with Gasteiger partial charge in [-0.05, 0) is 87.1 Å². The number of likely N-dealkylation sites (tertiary alicyclic amines) is 1. The van der Waals surface area contributed by atoms with Gasteiger partial charge in [0.05, 0.1) is 15.7 Å². The summed E-state index contributed by atoms with van der Waals surface area (Å²) in [5.74, 6) is 3.53. The largest absolute Gasteiger partial charge is 0.382 e.